The first-order valence-electron chi connectivity index (χ1n) is 7.37. The van der Waals surface area contributed by atoms with E-state index in [1.54, 1.807) is 0 Å². The molecule has 118 valence electrons. The highest BCUT2D eigenvalue weighted by Gasteiger charge is 2.36. The fraction of sp³-hybridized carbons (Fsp3) is 0.588. The summed E-state index contributed by atoms with van der Waals surface area (Å²) in [6, 6.07) is 8.05. The van der Waals surface area contributed by atoms with Crippen LogP contribution in [0.3, 0.4) is 0 Å². The minimum absolute atomic E-state index is 0.110. The molecule has 1 N–H and O–H groups in total. The van der Waals surface area contributed by atoms with Crippen molar-refractivity contribution in [1.82, 2.24) is 5.32 Å². The Labute approximate surface area is 127 Å². The van der Waals surface area contributed by atoms with Gasteiger partial charge in [0.2, 0.25) is 0 Å². The summed E-state index contributed by atoms with van der Waals surface area (Å²) >= 11 is 0. The highest BCUT2D eigenvalue weighted by atomic mass is 16.5. The van der Waals surface area contributed by atoms with Gasteiger partial charge in [0.05, 0.1) is 13.2 Å². The van der Waals surface area contributed by atoms with E-state index in [4.69, 9.17) is 9.47 Å². The van der Waals surface area contributed by atoms with E-state index < -0.39 is 5.54 Å². The van der Waals surface area contributed by atoms with Gasteiger partial charge in [0.1, 0.15) is 11.3 Å². The lowest BCUT2D eigenvalue weighted by Crippen LogP contribution is -2.54. The van der Waals surface area contributed by atoms with Crippen LogP contribution in [0.5, 0.6) is 5.75 Å². The Kier molecular flexibility index (Phi) is 6.21. The van der Waals surface area contributed by atoms with E-state index in [-0.39, 0.29) is 18.1 Å². The predicted octanol–water partition coefficient (Wildman–Crippen LogP) is 3.08. The van der Waals surface area contributed by atoms with Crippen molar-refractivity contribution in [3.8, 4) is 5.75 Å². The second-order valence-electron chi connectivity index (χ2n) is 6.02. The van der Waals surface area contributed by atoms with Crippen LogP contribution in [0.4, 0.5) is 0 Å². The molecule has 1 aromatic rings. The molecule has 0 heterocycles. The van der Waals surface area contributed by atoms with Crippen LogP contribution >= 0.6 is 0 Å². The summed E-state index contributed by atoms with van der Waals surface area (Å²) in [5.41, 5.74) is 0.325. The van der Waals surface area contributed by atoms with Crippen molar-refractivity contribution >= 4 is 5.97 Å². The van der Waals surface area contributed by atoms with Crippen LogP contribution in [0.1, 0.15) is 39.7 Å². The third-order valence-electron chi connectivity index (χ3n) is 3.36. The van der Waals surface area contributed by atoms with Crippen molar-refractivity contribution in [1.29, 1.82) is 0 Å². The Morgan fingerprint density at radius 1 is 1.29 bits per heavy atom. The molecule has 1 rings (SSSR count). The standard InChI is InChI=1S/C17H27NO3/c1-12(2)18-17(5,16(19)20-6)11-14(4)21-15-10-8-7-9-13(15)3/h7-10,12,14,18H,11H2,1-6H3. The van der Waals surface area contributed by atoms with Gasteiger partial charge in [0, 0.05) is 12.5 Å². The molecule has 0 aliphatic heterocycles. The molecule has 0 aliphatic rings. The van der Waals surface area contributed by atoms with Crippen molar-refractivity contribution in [2.24, 2.45) is 0 Å². The summed E-state index contributed by atoms with van der Waals surface area (Å²) in [4.78, 5) is 12.1. The van der Waals surface area contributed by atoms with Gasteiger partial charge in [-0.2, -0.15) is 0 Å². The number of esters is 1. The van der Waals surface area contributed by atoms with Crippen LogP contribution < -0.4 is 10.1 Å². The molecule has 0 radical (unpaired) electrons. The van der Waals surface area contributed by atoms with Gasteiger partial charge in [-0.25, -0.2) is 0 Å². The second-order valence-corrected chi connectivity index (χ2v) is 6.02. The Balaban J connectivity index is 2.79. The molecule has 0 spiro atoms. The zero-order valence-corrected chi connectivity index (χ0v) is 13.9. The average Bonchev–Trinajstić information content (AvgIpc) is 2.39. The van der Waals surface area contributed by atoms with Gasteiger partial charge >= 0.3 is 5.97 Å². The minimum Gasteiger partial charge on any atom is -0.490 e. The van der Waals surface area contributed by atoms with E-state index in [0.717, 1.165) is 11.3 Å². The summed E-state index contributed by atoms with van der Waals surface area (Å²) < 4.78 is 10.9. The maximum Gasteiger partial charge on any atom is 0.325 e. The lowest BCUT2D eigenvalue weighted by Gasteiger charge is -2.32. The van der Waals surface area contributed by atoms with Gasteiger partial charge in [-0.3, -0.25) is 10.1 Å². The quantitative estimate of drug-likeness (QED) is 0.785. The zero-order valence-electron chi connectivity index (χ0n) is 13.9. The molecule has 0 aromatic heterocycles. The number of nitrogens with one attached hydrogen (secondary N) is 1. The van der Waals surface area contributed by atoms with E-state index >= 15 is 0 Å². The molecule has 21 heavy (non-hydrogen) atoms. The average molecular weight is 293 g/mol. The molecule has 4 heteroatoms. The lowest BCUT2D eigenvalue weighted by atomic mass is 9.93. The minimum atomic E-state index is -0.759. The lowest BCUT2D eigenvalue weighted by molar-refractivity contribution is -0.149. The van der Waals surface area contributed by atoms with E-state index in [9.17, 15) is 4.79 Å². The highest BCUT2D eigenvalue weighted by Crippen LogP contribution is 2.22. The Bertz CT molecular complexity index is 473. The summed E-state index contributed by atoms with van der Waals surface area (Å²) in [5.74, 6) is 0.582. The van der Waals surface area contributed by atoms with Crippen LogP contribution in [0.2, 0.25) is 0 Å². The van der Waals surface area contributed by atoms with Gasteiger partial charge < -0.3 is 9.47 Å². The number of rotatable bonds is 7. The van der Waals surface area contributed by atoms with E-state index in [2.05, 4.69) is 5.32 Å². The van der Waals surface area contributed by atoms with Crippen LogP contribution in [0.15, 0.2) is 24.3 Å². The first-order chi connectivity index (χ1) is 9.78. The highest BCUT2D eigenvalue weighted by molar-refractivity contribution is 5.80. The fourth-order valence-electron chi connectivity index (χ4n) is 2.59. The van der Waals surface area contributed by atoms with E-state index in [1.165, 1.54) is 7.11 Å². The number of para-hydroxylation sites is 1. The predicted molar refractivity (Wildman–Crippen MR) is 84.6 cm³/mol. The molecular formula is C17H27NO3. The maximum atomic E-state index is 12.1. The molecule has 0 saturated carbocycles. The van der Waals surface area contributed by atoms with Gasteiger partial charge in [0.15, 0.2) is 0 Å². The molecule has 2 unspecified atom stereocenters. The van der Waals surface area contributed by atoms with Gasteiger partial charge in [-0.05, 0) is 46.2 Å². The van der Waals surface area contributed by atoms with Gasteiger partial charge in [-0.1, -0.05) is 18.2 Å². The monoisotopic (exact) mass is 293 g/mol. The van der Waals surface area contributed by atoms with Crippen LogP contribution in [-0.4, -0.2) is 30.8 Å². The number of carbonyl (C=O) groups excluding carboxylic acids is 1. The van der Waals surface area contributed by atoms with Crippen molar-refractivity contribution in [3.63, 3.8) is 0 Å². The Hall–Kier alpha value is -1.55. The van der Waals surface area contributed by atoms with E-state index in [0.29, 0.717) is 6.42 Å². The molecule has 0 bridgehead atoms. The number of hydrogen-bond donors (Lipinski definition) is 1. The second kappa shape index (κ2) is 7.46. The summed E-state index contributed by atoms with van der Waals surface area (Å²) in [7, 11) is 1.41. The van der Waals surface area contributed by atoms with Gasteiger partial charge in [0.25, 0.3) is 0 Å². The van der Waals surface area contributed by atoms with E-state index in [1.807, 2.05) is 58.9 Å². The number of benzene rings is 1. The molecule has 1 aromatic carbocycles. The number of hydrogen-bond acceptors (Lipinski definition) is 4. The summed E-state index contributed by atoms with van der Waals surface area (Å²) in [6.07, 6.45) is 0.424. The van der Waals surface area contributed by atoms with Crippen LogP contribution in [0, 0.1) is 6.92 Å². The molecule has 0 aliphatic carbocycles. The molecule has 2 atom stereocenters. The van der Waals surface area contributed by atoms with Crippen molar-refractivity contribution < 1.29 is 14.3 Å². The van der Waals surface area contributed by atoms with Gasteiger partial charge in [-0.15, -0.1) is 0 Å². The van der Waals surface area contributed by atoms with Crippen molar-refractivity contribution in [2.45, 2.75) is 58.7 Å². The molecule has 0 amide bonds. The molecular weight excluding hydrogens is 266 g/mol. The summed E-state index contributed by atoms with van der Waals surface area (Å²) in [5, 5.41) is 3.28. The molecule has 4 nitrogen and oxygen atoms in total. The largest absolute Gasteiger partial charge is 0.490 e. The normalized spacial score (nSPS) is 15.4. The molecule has 0 fully saturated rings. The first-order valence-corrected chi connectivity index (χ1v) is 7.37. The Morgan fingerprint density at radius 2 is 1.90 bits per heavy atom. The maximum absolute atomic E-state index is 12.1. The Morgan fingerprint density at radius 3 is 2.43 bits per heavy atom. The van der Waals surface area contributed by atoms with Crippen molar-refractivity contribution in [3.05, 3.63) is 29.8 Å². The van der Waals surface area contributed by atoms with Crippen LogP contribution in [0.25, 0.3) is 0 Å². The SMILES string of the molecule is COC(=O)C(C)(CC(C)Oc1ccccc1C)NC(C)C. The number of ether oxygens (including phenoxy) is 2. The third-order valence-corrected chi connectivity index (χ3v) is 3.36. The van der Waals surface area contributed by atoms with Crippen molar-refractivity contribution in [2.75, 3.05) is 7.11 Å². The van der Waals surface area contributed by atoms with Crippen LogP contribution in [-0.2, 0) is 9.53 Å². The number of methoxy groups -OCH3 is 1. The fourth-order valence-corrected chi connectivity index (χ4v) is 2.59. The topological polar surface area (TPSA) is 47.6 Å². The smallest absolute Gasteiger partial charge is 0.325 e. The molecule has 0 saturated heterocycles. The first kappa shape index (κ1) is 17.5. The zero-order chi connectivity index (χ0) is 16.0. The third kappa shape index (κ3) is 5.05. The number of aryl methyl sites for hydroxylation is 1. The summed E-state index contributed by atoms with van der Waals surface area (Å²) in [6.45, 7) is 9.85. The number of carbonyl (C=O) groups is 1.